The van der Waals surface area contributed by atoms with E-state index in [1.165, 1.54) is 18.5 Å². The highest BCUT2D eigenvalue weighted by Gasteiger charge is 2.16. The molecule has 0 saturated carbocycles. The predicted octanol–water partition coefficient (Wildman–Crippen LogP) is 0.542. The molecule has 1 aromatic rings. The fourth-order valence-corrected chi connectivity index (χ4v) is 1.19. The fraction of sp³-hybridized carbons (Fsp3) is 0.125. The maximum Gasteiger partial charge on any atom is 0.175 e. The molecule has 0 amide bonds. The second-order valence-corrected chi connectivity index (χ2v) is 2.72. The number of phenolic OH excluding ortho intramolecular Hbond substituents is 2. The molecule has 0 fully saturated rings. The van der Waals surface area contributed by atoms with Crippen LogP contribution in [0.2, 0.25) is 0 Å². The topological polar surface area (TPSA) is 85.1 Å². The van der Waals surface area contributed by atoms with Gasteiger partial charge in [0.25, 0.3) is 0 Å². The lowest BCUT2D eigenvalue weighted by Crippen LogP contribution is -2.09. The van der Waals surface area contributed by atoms with Crippen molar-refractivity contribution < 1.29 is 15.3 Å². The van der Waals surface area contributed by atoms with Crippen molar-refractivity contribution in [3.63, 3.8) is 0 Å². The van der Waals surface area contributed by atoms with Gasteiger partial charge in [-0.05, 0) is 6.07 Å². The molecule has 5 heteroatoms. The van der Waals surface area contributed by atoms with E-state index in [1.54, 1.807) is 0 Å². The number of phenols is 2. The Morgan fingerprint density at radius 3 is 2.69 bits per heavy atom. The number of aliphatic hydroxyl groups is 1. The summed E-state index contributed by atoms with van der Waals surface area (Å²) >= 11 is 0. The van der Waals surface area contributed by atoms with E-state index in [-0.39, 0.29) is 11.5 Å². The average molecular weight is 180 g/mol. The number of rotatable bonds is 0. The normalized spacial score (nSPS) is 19.3. The minimum Gasteiger partial charge on any atom is -0.504 e. The number of nitrogens with one attached hydrogen (secondary N) is 1. The van der Waals surface area contributed by atoms with Gasteiger partial charge in [0.05, 0.1) is 12.0 Å². The van der Waals surface area contributed by atoms with Crippen LogP contribution >= 0.6 is 0 Å². The highest BCUT2D eigenvalue weighted by Crippen LogP contribution is 2.36. The highest BCUT2D eigenvalue weighted by molar-refractivity contribution is 5.81. The average Bonchev–Trinajstić information content (AvgIpc) is 2.09. The van der Waals surface area contributed by atoms with Gasteiger partial charge in [-0.2, -0.15) is 0 Å². The largest absolute Gasteiger partial charge is 0.504 e. The van der Waals surface area contributed by atoms with E-state index in [4.69, 9.17) is 10.2 Å². The van der Waals surface area contributed by atoms with Gasteiger partial charge in [0.15, 0.2) is 17.7 Å². The van der Waals surface area contributed by atoms with Crippen LogP contribution in [0, 0.1) is 0 Å². The van der Waals surface area contributed by atoms with E-state index in [0.29, 0.717) is 11.3 Å². The van der Waals surface area contributed by atoms with Crippen LogP contribution < -0.4 is 5.32 Å². The third kappa shape index (κ3) is 1.19. The van der Waals surface area contributed by atoms with E-state index in [9.17, 15) is 5.11 Å². The van der Waals surface area contributed by atoms with Crippen molar-refractivity contribution in [2.45, 2.75) is 6.23 Å². The molecule has 1 unspecified atom stereocenters. The maximum absolute atomic E-state index is 9.35. The molecule has 68 valence electrons. The van der Waals surface area contributed by atoms with Crippen LogP contribution in [0.3, 0.4) is 0 Å². The van der Waals surface area contributed by atoms with Crippen LogP contribution in [-0.2, 0) is 0 Å². The smallest absolute Gasteiger partial charge is 0.175 e. The quantitative estimate of drug-likeness (QED) is 0.347. The van der Waals surface area contributed by atoms with Crippen LogP contribution in [0.25, 0.3) is 0 Å². The first kappa shape index (κ1) is 7.88. The van der Waals surface area contributed by atoms with Gasteiger partial charge in [0.2, 0.25) is 0 Å². The lowest BCUT2D eigenvalue weighted by atomic mass is 10.1. The van der Waals surface area contributed by atoms with Crippen molar-refractivity contribution in [2.24, 2.45) is 4.99 Å². The van der Waals surface area contributed by atoms with Crippen LogP contribution in [0.5, 0.6) is 11.5 Å². The lowest BCUT2D eigenvalue weighted by Gasteiger charge is -2.17. The van der Waals surface area contributed by atoms with Crippen molar-refractivity contribution in [3.05, 3.63) is 17.7 Å². The molecule has 5 nitrogen and oxygen atoms in total. The summed E-state index contributed by atoms with van der Waals surface area (Å²) < 4.78 is 0. The van der Waals surface area contributed by atoms with Gasteiger partial charge in [-0.25, -0.2) is 4.99 Å². The van der Waals surface area contributed by atoms with Gasteiger partial charge in [-0.3, -0.25) is 0 Å². The Kier molecular flexibility index (Phi) is 1.60. The molecule has 1 aliphatic heterocycles. The number of hydrogen-bond donors (Lipinski definition) is 4. The highest BCUT2D eigenvalue weighted by atomic mass is 16.3. The third-order valence-corrected chi connectivity index (χ3v) is 1.86. The van der Waals surface area contributed by atoms with Crippen LogP contribution in [0.4, 0.5) is 5.69 Å². The van der Waals surface area contributed by atoms with Crippen LogP contribution in [-0.4, -0.2) is 21.7 Å². The zero-order chi connectivity index (χ0) is 9.42. The first-order chi connectivity index (χ1) is 6.18. The number of aliphatic hydroxyl groups excluding tert-OH is 1. The van der Waals surface area contributed by atoms with E-state index < -0.39 is 6.23 Å². The molecule has 0 bridgehead atoms. The molecule has 1 aliphatic rings. The zero-order valence-electron chi connectivity index (χ0n) is 6.60. The van der Waals surface area contributed by atoms with Crippen molar-refractivity contribution >= 4 is 12.0 Å². The minimum absolute atomic E-state index is 0.228. The van der Waals surface area contributed by atoms with Crippen LogP contribution in [0.1, 0.15) is 11.8 Å². The SMILES string of the molecule is Oc1cc2c(cc1O)C(O)N=CN2. The first-order valence-corrected chi connectivity index (χ1v) is 3.70. The molecule has 1 aromatic carbocycles. The number of fused-ring (bicyclic) bond motifs is 1. The molecule has 0 aromatic heterocycles. The first-order valence-electron chi connectivity index (χ1n) is 3.70. The maximum atomic E-state index is 9.35. The Morgan fingerprint density at radius 1 is 1.23 bits per heavy atom. The summed E-state index contributed by atoms with van der Waals surface area (Å²) in [5, 5.41) is 30.4. The molecule has 0 radical (unpaired) electrons. The van der Waals surface area contributed by atoms with Gasteiger partial charge >= 0.3 is 0 Å². The van der Waals surface area contributed by atoms with Gasteiger partial charge in [-0.15, -0.1) is 0 Å². The molecule has 0 spiro atoms. The minimum atomic E-state index is -0.984. The van der Waals surface area contributed by atoms with Gasteiger partial charge in [0, 0.05) is 11.6 Å². The van der Waals surface area contributed by atoms with Crippen molar-refractivity contribution in [1.82, 2.24) is 0 Å². The zero-order valence-corrected chi connectivity index (χ0v) is 6.60. The standard InChI is InChI=1S/C8H8N2O3/c11-6-1-4-5(2-7(6)12)9-3-10-8(4)13/h1-3,8,11-13H,(H,9,10). The van der Waals surface area contributed by atoms with Gasteiger partial charge < -0.3 is 20.6 Å². The van der Waals surface area contributed by atoms with E-state index in [1.807, 2.05) is 0 Å². The molecule has 13 heavy (non-hydrogen) atoms. The summed E-state index contributed by atoms with van der Waals surface area (Å²) in [5.74, 6) is -0.495. The molecule has 1 heterocycles. The summed E-state index contributed by atoms with van der Waals surface area (Å²) in [6.45, 7) is 0. The van der Waals surface area contributed by atoms with E-state index in [0.717, 1.165) is 0 Å². The molecule has 4 N–H and O–H groups in total. The Labute approximate surface area is 74.0 Å². The number of anilines is 1. The third-order valence-electron chi connectivity index (χ3n) is 1.86. The molecule has 0 aliphatic carbocycles. The predicted molar refractivity (Wildman–Crippen MR) is 46.8 cm³/mol. The summed E-state index contributed by atoms with van der Waals surface area (Å²) in [5.41, 5.74) is 0.982. The number of nitrogens with zero attached hydrogens (tertiary/aromatic N) is 1. The lowest BCUT2D eigenvalue weighted by molar-refractivity contribution is 0.188. The molecular formula is C8H8N2O3. The summed E-state index contributed by atoms with van der Waals surface area (Å²) in [6, 6.07) is 2.61. The Balaban J connectivity index is 2.56. The second kappa shape index (κ2) is 2.63. The van der Waals surface area contributed by atoms with E-state index >= 15 is 0 Å². The van der Waals surface area contributed by atoms with Gasteiger partial charge in [-0.1, -0.05) is 0 Å². The second-order valence-electron chi connectivity index (χ2n) is 2.72. The van der Waals surface area contributed by atoms with Crippen molar-refractivity contribution in [1.29, 1.82) is 0 Å². The number of benzene rings is 1. The Hall–Kier alpha value is -1.75. The molecule has 1 atom stereocenters. The van der Waals surface area contributed by atoms with Gasteiger partial charge in [0.1, 0.15) is 0 Å². The molecule has 0 saturated heterocycles. The summed E-state index contributed by atoms with van der Waals surface area (Å²) in [6.07, 6.45) is 0.353. The summed E-state index contributed by atoms with van der Waals surface area (Å²) in [7, 11) is 0. The van der Waals surface area contributed by atoms with E-state index in [2.05, 4.69) is 10.3 Å². The number of hydrogen-bond acceptors (Lipinski definition) is 5. The number of aromatic hydroxyl groups is 2. The van der Waals surface area contributed by atoms with Crippen molar-refractivity contribution in [2.75, 3.05) is 5.32 Å². The Morgan fingerprint density at radius 2 is 1.92 bits per heavy atom. The Bertz CT molecular complexity index is 376. The number of aliphatic imine (C=N–C) groups is 1. The summed E-state index contributed by atoms with van der Waals surface area (Å²) in [4.78, 5) is 3.67. The molecular weight excluding hydrogens is 172 g/mol. The van der Waals surface area contributed by atoms with Crippen molar-refractivity contribution in [3.8, 4) is 11.5 Å². The monoisotopic (exact) mass is 180 g/mol. The fourth-order valence-electron chi connectivity index (χ4n) is 1.19. The molecule has 2 rings (SSSR count). The van der Waals surface area contributed by atoms with Crippen LogP contribution in [0.15, 0.2) is 17.1 Å².